The molecule has 0 amide bonds. The zero-order valence-electron chi connectivity index (χ0n) is 10.2. The third-order valence-corrected chi connectivity index (χ3v) is 3.12. The van der Waals surface area contributed by atoms with Crippen molar-refractivity contribution in [2.45, 2.75) is 6.04 Å². The SMILES string of the molecule is NNC(c1cnc2ccccc2c1)c1cn[nH]c1N. The molecule has 2 heterocycles. The molecular weight excluding hydrogens is 240 g/mol. The summed E-state index contributed by atoms with van der Waals surface area (Å²) < 4.78 is 0. The van der Waals surface area contributed by atoms with E-state index in [-0.39, 0.29) is 6.04 Å². The second-order valence-corrected chi connectivity index (χ2v) is 4.30. The Morgan fingerprint density at radius 3 is 2.79 bits per heavy atom. The lowest BCUT2D eigenvalue weighted by Crippen LogP contribution is -2.29. The summed E-state index contributed by atoms with van der Waals surface area (Å²) in [7, 11) is 0. The van der Waals surface area contributed by atoms with Crippen molar-refractivity contribution in [3.05, 3.63) is 53.9 Å². The fraction of sp³-hybridized carbons (Fsp3) is 0.0769. The van der Waals surface area contributed by atoms with Gasteiger partial charge < -0.3 is 5.73 Å². The Kier molecular flexibility index (Phi) is 2.86. The fourth-order valence-corrected chi connectivity index (χ4v) is 2.15. The van der Waals surface area contributed by atoms with E-state index in [0.717, 1.165) is 22.0 Å². The number of nitrogen functional groups attached to an aromatic ring is 1. The Labute approximate surface area is 109 Å². The van der Waals surface area contributed by atoms with Crippen LogP contribution in [0.1, 0.15) is 17.2 Å². The molecule has 2 aromatic heterocycles. The summed E-state index contributed by atoms with van der Waals surface area (Å²) in [6.45, 7) is 0. The first-order chi connectivity index (χ1) is 9.29. The molecule has 0 aliphatic carbocycles. The number of anilines is 1. The highest BCUT2D eigenvalue weighted by molar-refractivity contribution is 5.79. The van der Waals surface area contributed by atoms with E-state index >= 15 is 0 Å². The zero-order valence-corrected chi connectivity index (χ0v) is 10.2. The summed E-state index contributed by atoms with van der Waals surface area (Å²) in [5.41, 5.74) is 11.3. The Morgan fingerprint density at radius 2 is 2.05 bits per heavy atom. The zero-order chi connectivity index (χ0) is 13.2. The quantitative estimate of drug-likeness (QED) is 0.413. The van der Waals surface area contributed by atoms with Gasteiger partial charge in [0.2, 0.25) is 0 Å². The number of nitrogens with zero attached hydrogens (tertiary/aromatic N) is 2. The van der Waals surface area contributed by atoms with Crippen LogP contribution in [0.5, 0.6) is 0 Å². The van der Waals surface area contributed by atoms with E-state index in [4.69, 9.17) is 11.6 Å². The molecule has 3 rings (SSSR count). The number of hydrogen-bond donors (Lipinski definition) is 4. The molecule has 0 aliphatic rings. The van der Waals surface area contributed by atoms with Gasteiger partial charge in [-0.25, -0.2) is 5.43 Å². The molecule has 6 heteroatoms. The number of nitrogens with one attached hydrogen (secondary N) is 2. The summed E-state index contributed by atoms with van der Waals surface area (Å²) in [5, 5.41) is 7.67. The van der Waals surface area contributed by atoms with Gasteiger partial charge in [-0.05, 0) is 17.7 Å². The highest BCUT2D eigenvalue weighted by Crippen LogP contribution is 2.26. The van der Waals surface area contributed by atoms with E-state index in [1.807, 2.05) is 30.3 Å². The number of aromatic nitrogens is 3. The minimum Gasteiger partial charge on any atom is -0.384 e. The summed E-state index contributed by atoms with van der Waals surface area (Å²) in [6.07, 6.45) is 3.45. The van der Waals surface area contributed by atoms with Crippen LogP contribution in [-0.4, -0.2) is 15.2 Å². The van der Waals surface area contributed by atoms with Crippen LogP contribution in [0.2, 0.25) is 0 Å². The summed E-state index contributed by atoms with van der Waals surface area (Å²) in [6, 6.07) is 9.72. The summed E-state index contributed by atoms with van der Waals surface area (Å²) in [5.74, 6) is 6.13. The number of rotatable bonds is 3. The maximum absolute atomic E-state index is 5.83. The second kappa shape index (κ2) is 4.68. The van der Waals surface area contributed by atoms with Gasteiger partial charge in [0.15, 0.2) is 0 Å². The van der Waals surface area contributed by atoms with Crippen molar-refractivity contribution in [2.24, 2.45) is 5.84 Å². The van der Waals surface area contributed by atoms with Crippen molar-refractivity contribution in [1.82, 2.24) is 20.6 Å². The van der Waals surface area contributed by atoms with Crippen LogP contribution < -0.4 is 17.0 Å². The average molecular weight is 254 g/mol. The van der Waals surface area contributed by atoms with Crippen LogP contribution in [0.3, 0.4) is 0 Å². The number of aromatic amines is 1. The molecule has 0 fully saturated rings. The van der Waals surface area contributed by atoms with Crippen molar-refractivity contribution in [1.29, 1.82) is 0 Å². The maximum atomic E-state index is 5.83. The van der Waals surface area contributed by atoms with Crippen molar-refractivity contribution in [2.75, 3.05) is 5.73 Å². The van der Waals surface area contributed by atoms with E-state index in [0.29, 0.717) is 5.82 Å². The highest BCUT2D eigenvalue weighted by atomic mass is 15.2. The van der Waals surface area contributed by atoms with Gasteiger partial charge in [-0.2, -0.15) is 5.10 Å². The molecular formula is C13H14N6. The van der Waals surface area contributed by atoms with Gasteiger partial charge in [-0.15, -0.1) is 0 Å². The van der Waals surface area contributed by atoms with Gasteiger partial charge >= 0.3 is 0 Å². The number of hydrogen-bond acceptors (Lipinski definition) is 5. The Morgan fingerprint density at radius 1 is 1.21 bits per heavy atom. The van der Waals surface area contributed by atoms with Gasteiger partial charge in [-0.1, -0.05) is 18.2 Å². The van der Waals surface area contributed by atoms with Crippen molar-refractivity contribution in [3.63, 3.8) is 0 Å². The van der Waals surface area contributed by atoms with E-state index in [1.54, 1.807) is 12.4 Å². The van der Waals surface area contributed by atoms with Gasteiger partial charge in [0.1, 0.15) is 5.82 Å². The first-order valence-electron chi connectivity index (χ1n) is 5.89. The van der Waals surface area contributed by atoms with Crippen LogP contribution in [-0.2, 0) is 0 Å². The Bertz CT molecular complexity index is 705. The molecule has 0 saturated carbocycles. The van der Waals surface area contributed by atoms with E-state index < -0.39 is 0 Å². The van der Waals surface area contributed by atoms with Gasteiger partial charge in [0, 0.05) is 17.1 Å². The molecule has 0 spiro atoms. The first-order valence-corrected chi connectivity index (χ1v) is 5.89. The number of hydrazine groups is 1. The summed E-state index contributed by atoms with van der Waals surface area (Å²) >= 11 is 0. The van der Waals surface area contributed by atoms with Crippen LogP contribution in [0.4, 0.5) is 5.82 Å². The number of pyridine rings is 1. The highest BCUT2D eigenvalue weighted by Gasteiger charge is 2.17. The van der Waals surface area contributed by atoms with Gasteiger partial charge in [0.25, 0.3) is 0 Å². The molecule has 1 aromatic carbocycles. The molecule has 96 valence electrons. The largest absolute Gasteiger partial charge is 0.384 e. The molecule has 0 radical (unpaired) electrons. The second-order valence-electron chi connectivity index (χ2n) is 4.30. The number of H-pyrrole nitrogens is 1. The molecule has 6 nitrogen and oxygen atoms in total. The average Bonchev–Trinajstić information content (AvgIpc) is 2.86. The van der Waals surface area contributed by atoms with Crippen LogP contribution in [0.25, 0.3) is 10.9 Å². The van der Waals surface area contributed by atoms with Crippen LogP contribution >= 0.6 is 0 Å². The Balaban J connectivity index is 2.09. The summed E-state index contributed by atoms with van der Waals surface area (Å²) in [4.78, 5) is 4.42. The van der Waals surface area contributed by atoms with E-state index in [9.17, 15) is 0 Å². The molecule has 0 aliphatic heterocycles. The number of fused-ring (bicyclic) bond motifs is 1. The smallest absolute Gasteiger partial charge is 0.124 e. The Hall–Kier alpha value is -2.44. The molecule has 0 saturated heterocycles. The molecule has 3 aromatic rings. The predicted molar refractivity (Wildman–Crippen MR) is 73.9 cm³/mol. The number of para-hydroxylation sites is 1. The van der Waals surface area contributed by atoms with Crippen molar-refractivity contribution >= 4 is 16.7 Å². The predicted octanol–water partition coefficient (Wildman–Crippen LogP) is 1.09. The maximum Gasteiger partial charge on any atom is 0.124 e. The first kappa shape index (κ1) is 11.6. The minimum atomic E-state index is -0.240. The van der Waals surface area contributed by atoms with Crippen molar-refractivity contribution in [3.8, 4) is 0 Å². The van der Waals surface area contributed by atoms with Crippen LogP contribution in [0.15, 0.2) is 42.7 Å². The van der Waals surface area contributed by atoms with E-state index in [2.05, 4.69) is 20.6 Å². The monoisotopic (exact) mass is 254 g/mol. The van der Waals surface area contributed by atoms with Crippen molar-refractivity contribution < 1.29 is 0 Å². The fourth-order valence-electron chi connectivity index (χ4n) is 2.15. The lowest BCUT2D eigenvalue weighted by atomic mass is 10.0. The normalized spacial score (nSPS) is 12.7. The standard InChI is InChI=1S/C13H14N6/c14-13-10(7-17-19-13)12(18-15)9-5-8-3-1-2-4-11(8)16-6-9/h1-7,12,18H,15H2,(H3,14,17,19). The molecule has 19 heavy (non-hydrogen) atoms. The molecule has 1 unspecified atom stereocenters. The van der Waals surface area contributed by atoms with Gasteiger partial charge in [-0.3, -0.25) is 15.9 Å². The minimum absolute atomic E-state index is 0.240. The molecule has 6 N–H and O–H groups in total. The van der Waals surface area contributed by atoms with E-state index in [1.165, 1.54) is 0 Å². The number of benzene rings is 1. The lowest BCUT2D eigenvalue weighted by Gasteiger charge is -2.15. The molecule has 1 atom stereocenters. The third-order valence-electron chi connectivity index (χ3n) is 3.12. The lowest BCUT2D eigenvalue weighted by molar-refractivity contribution is 0.637. The van der Waals surface area contributed by atoms with Crippen LogP contribution in [0, 0.1) is 0 Å². The topological polar surface area (TPSA) is 106 Å². The third kappa shape index (κ3) is 2.03. The molecule has 0 bridgehead atoms. The van der Waals surface area contributed by atoms with Gasteiger partial charge in [0.05, 0.1) is 17.8 Å². The number of nitrogens with two attached hydrogens (primary N) is 2.